The van der Waals surface area contributed by atoms with E-state index in [2.05, 4.69) is 39.8 Å². The van der Waals surface area contributed by atoms with E-state index in [1.807, 2.05) is 18.0 Å². The Labute approximate surface area is 136 Å². The van der Waals surface area contributed by atoms with E-state index in [1.165, 1.54) is 5.69 Å². The molecule has 2 aromatic heterocycles. The van der Waals surface area contributed by atoms with Crippen LogP contribution in [0.2, 0.25) is 0 Å². The summed E-state index contributed by atoms with van der Waals surface area (Å²) in [6, 6.07) is 4.73. The van der Waals surface area contributed by atoms with Gasteiger partial charge < -0.3 is 9.47 Å². The minimum absolute atomic E-state index is 0.107. The fraction of sp³-hybridized carbons (Fsp3) is 0.529. The summed E-state index contributed by atoms with van der Waals surface area (Å²) in [5, 5.41) is 0. The Morgan fingerprint density at radius 3 is 2.74 bits per heavy atom. The van der Waals surface area contributed by atoms with E-state index in [0.29, 0.717) is 12.6 Å². The van der Waals surface area contributed by atoms with Crippen LogP contribution >= 0.6 is 0 Å². The molecule has 1 saturated heterocycles. The second-order valence-electron chi connectivity index (χ2n) is 6.66. The second-order valence-corrected chi connectivity index (χ2v) is 6.66. The molecular formula is C17H23N5O. The molecule has 4 rings (SSSR count). The van der Waals surface area contributed by atoms with Gasteiger partial charge in [0.2, 0.25) is 0 Å². The largest absolute Gasteiger partial charge is 0.353 e. The van der Waals surface area contributed by atoms with Crippen molar-refractivity contribution in [2.24, 2.45) is 7.05 Å². The number of rotatable bonds is 3. The Bertz CT molecular complexity index is 723. The molecule has 6 heteroatoms. The van der Waals surface area contributed by atoms with Gasteiger partial charge in [-0.25, -0.2) is 9.78 Å². The van der Waals surface area contributed by atoms with Crippen LogP contribution in [0.15, 0.2) is 24.5 Å². The van der Waals surface area contributed by atoms with E-state index in [4.69, 9.17) is 0 Å². The Morgan fingerprint density at radius 1 is 1.30 bits per heavy atom. The van der Waals surface area contributed by atoms with E-state index in [1.54, 1.807) is 4.57 Å². The highest BCUT2D eigenvalue weighted by Gasteiger charge is 2.35. The molecule has 0 aromatic carbocycles. The lowest BCUT2D eigenvalue weighted by Crippen LogP contribution is -2.45. The first-order chi connectivity index (χ1) is 11.1. The highest BCUT2D eigenvalue weighted by molar-refractivity contribution is 5.81. The first-order valence-electron chi connectivity index (χ1n) is 8.30. The van der Waals surface area contributed by atoms with Crippen molar-refractivity contribution < 1.29 is 4.79 Å². The number of aromatic nitrogens is 3. The molecule has 0 aliphatic carbocycles. The number of aryl methyl sites for hydroxylation is 2. The standard InChI is InChI=1S/C17H23N5O/c1-13-18-10-16-12-21(17(23)22(13)16)14-5-8-20(9-6-14)11-15-4-3-7-19(15)2/h3-4,7,10,14H,5-6,8-9,11-12H2,1-2H3. The molecule has 0 bridgehead atoms. The van der Waals surface area contributed by atoms with Gasteiger partial charge in [0.25, 0.3) is 0 Å². The van der Waals surface area contributed by atoms with Gasteiger partial charge >= 0.3 is 6.03 Å². The van der Waals surface area contributed by atoms with Crippen LogP contribution in [-0.2, 0) is 20.1 Å². The zero-order chi connectivity index (χ0) is 16.0. The van der Waals surface area contributed by atoms with E-state index in [-0.39, 0.29) is 6.03 Å². The van der Waals surface area contributed by atoms with E-state index in [9.17, 15) is 4.79 Å². The average Bonchev–Trinajstić information content (AvgIpc) is 3.20. The van der Waals surface area contributed by atoms with Crippen molar-refractivity contribution in [3.8, 4) is 0 Å². The predicted octanol–water partition coefficient (Wildman–Crippen LogP) is 1.98. The maximum atomic E-state index is 12.6. The first-order valence-corrected chi connectivity index (χ1v) is 8.30. The molecule has 23 heavy (non-hydrogen) atoms. The molecule has 0 unspecified atom stereocenters. The second kappa shape index (κ2) is 5.53. The number of amides is 1. The normalized spacial score (nSPS) is 19.6. The number of hydrogen-bond donors (Lipinski definition) is 0. The Balaban J connectivity index is 1.37. The fourth-order valence-corrected chi connectivity index (χ4v) is 3.80. The zero-order valence-electron chi connectivity index (χ0n) is 13.8. The van der Waals surface area contributed by atoms with Crippen molar-refractivity contribution in [2.45, 2.75) is 38.9 Å². The molecular weight excluding hydrogens is 290 g/mol. The molecule has 2 aliphatic rings. The summed E-state index contributed by atoms with van der Waals surface area (Å²) >= 11 is 0. The van der Waals surface area contributed by atoms with Crippen LogP contribution in [0, 0.1) is 6.92 Å². The van der Waals surface area contributed by atoms with Gasteiger partial charge in [0.1, 0.15) is 5.82 Å². The number of nitrogens with zero attached hydrogens (tertiary/aromatic N) is 5. The first kappa shape index (κ1) is 14.5. The molecule has 1 fully saturated rings. The van der Waals surface area contributed by atoms with Crippen LogP contribution in [0.5, 0.6) is 0 Å². The number of carbonyl (C=O) groups excluding carboxylic acids is 1. The van der Waals surface area contributed by atoms with Crippen LogP contribution in [0.1, 0.15) is 30.1 Å². The summed E-state index contributed by atoms with van der Waals surface area (Å²) in [6.07, 6.45) is 6.02. The lowest BCUT2D eigenvalue weighted by atomic mass is 10.0. The van der Waals surface area contributed by atoms with E-state index < -0.39 is 0 Å². The van der Waals surface area contributed by atoms with Gasteiger partial charge in [-0.3, -0.25) is 9.47 Å². The number of fused-ring (bicyclic) bond motifs is 1. The number of hydrogen-bond acceptors (Lipinski definition) is 3. The SMILES string of the molecule is Cc1ncc2n1C(=O)N(C1CCN(Cc3cccn3C)CC1)C2. The predicted molar refractivity (Wildman–Crippen MR) is 87.0 cm³/mol. The minimum Gasteiger partial charge on any atom is -0.353 e. The van der Waals surface area contributed by atoms with Crippen molar-refractivity contribution in [1.29, 1.82) is 0 Å². The number of carbonyl (C=O) groups is 1. The Morgan fingerprint density at radius 2 is 2.09 bits per heavy atom. The van der Waals surface area contributed by atoms with Gasteiger partial charge in [-0.2, -0.15) is 0 Å². The number of piperidine rings is 1. The molecule has 2 aromatic rings. The third kappa shape index (κ3) is 2.47. The van der Waals surface area contributed by atoms with Gasteiger partial charge in [0, 0.05) is 44.6 Å². The Hall–Kier alpha value is -2.08. The molecule has 1 amide bonds. The molecule has 0 N–H and O–H groups in total. The lowest BCUT2D eigenvalue weighted by Gasteiger charge is -2.36. The van der Waals surface area contributed by atoms with Crippen LogP contribution < -0.4 is 0 Å². The molecule has 0 saturated carbocycles. The van der Waals surface area contributed by atoms with Crippen LogP contribution in [0.25, 0.3) is 0 Å². The van der Waals surface area contributed by atoms with Crippen LogP contribution in [0.3, 0.4) is 0 Å². The van der Waals surface area contributed by atoms with Crippen molar-refractivity contribution in [1.82, 2.24) is 23.9 Å². The highest BCUT2D eigenvalue weighted by atomic mass is 16.2. The molecule has 0 atom stereocenters. The third-order valence-corrected chi connectivity index (χ3v) is 5.22. The molecule has 2 aliphatic heterocycles. The van der Waals surface area contributed by atoms with Gasteiger partial charge in [-0.05, 0) is 31.9 Å². The summed E-state index contributed by atoms with van der Waals surface area (Å²) < 4.78 is 3.94. The zero-order valence-corrected chi connectivity index (χ0v) is 13.8. The van der Waals surface area contributed by atoms with Gasteiger partial charge in [-0.15, -0.1) is 0 Å². The third-order valence-electron chi connectivity index (χ3n) is 5.22. The Kier molecular flexibility index (Phi) is 3.49. The van der Waals surface area contributed by atoms with Gasteiger partial charge in [-0.1, -0.05) is 0 Å². The monoisotopic (exact) mass is 313 g/mol. The lowest BCUT2D eigenvalue weighted by molar-refractivity contribution is 0.122. The smallest absolute Gasteiger partial charge is 0.330 e. The highest BCUT2D eigenvalue weighted by Crippen LogP contribution is 2.26. The van der Waals surface area contributed by atoms with Gasteiger partial charge in [0.05, 0.1) is 18.4 Å². The van der Waals surface area contributed by atoms with E-state index >= 15 is 0 Å². The van der Waals surface area contributed by atoms with Gasteiger partial charge in [0.15, 0.2) is 0 Å². The number of imidazole rings is 1. The molecule has 6 nitrogen and oxygen atoms in total. The topological polar surface area (TPSA) is 46.3 Å². The molecule has 0 spiro atoms. The fourth-order valence-electron chi connectivity index (χ4n) is 3.80. The minimum atomic E-state index is 0.107. The van der Waals surface area contributed by atoms with Crippen molar-refractivity contribution in [3.05, 3.63) is 41.7 Å². The average molecular weight is 313 g/mol. The summed E-state index contributed by atoms with van der Waals surface area (Å²) in [5.74, 6) is 0.800. The van der Waals surface area contributed by atoms with Crippen molar-refractivity contribution in [2.75, 3.05) is 13.1 Å². The van der Waals surface area contributed by atoms with Crippen LogP contribution in [-0.4, -0.2) is 49.1 Å². The summed E-state index contributed by atoms with van der Waals surface area (Å²) in [6.45, 7) is 5.69. The quantitative estimate of drug-likeness (QED) is 0.870. The summed E-state index contributed by atoms with van der Waals surface area (Å²) in [4.78, 5) is 21.3. The maximum absolute atomic E-state index is 12.6. The molecule has 122 valence electrons. The van der Waals surface area contributed by atoms with Crippen molar-refractivity contribution in [3.63, 3.8) is 0 Å². The molecule has 0 radical (unpaired) electrons. The van der Waals surface area contributed by atoms with E-state index in [0.717, 1.165) is 44.0 Å². The van der Waals surface area contributed by atoms with Crippen LogP contribution in [0.4, 0.5) is 4.79 Å². The maximum Gasteiger partial charge on any atom is 0.330 e. The summed E-state index contributed by atoms with van der Waals surface area (Å²) in [5.41, 5.74) is 2.37. The van der Waals surface area contributed by atoms with Crippen molar-refractivity contribution >= 4 is 6.03 Å². The molecule has 4 heterocycles. The number of likely N-dealkylation sites (tertiary alicyclic amines) is 1. The summed E-state index contributed by atoms with van der Waals surface area (Å²) in [7, 11) is 2.09.